The maximum atomic E-state index is 14.2. The van der Waals surface area contributed by atoms with Crippen molar-refractivity contribution in [3.63, 3.8) is 0 Å². The van der Waals surface area contributed by atoms with Gasteiger partial charge in [0.15, 0.2) is 5.96 Å². The summed E-state index contributed by atoms with van der Waals surface area (Å²) in [5.74, 6) is -10.5. The van der Waals surface area contributed by atoms with Crippen molar-refractivity contribution in [2.75, 3.05) is 19.6 Å². The Balaban J connectivity index is 3.54. The van der Waals surface area contributed by atoms with Crippen molar-refractivity contribution in [3.05, 3.63) is 18.2 Å². The lowest BCUT2D eigenvalue weighted by Crippen LogP contribution is -2.60. The number of H-pyrrole nitrogens is 1. The molecule has 0 radical (unpaired) electrons. The van der Waals surface area contributed by atoms with E-state index < -0.39 is 127 Å². The summed E-state index contributed by atoms with van der Waals surface area (Å²) in [5, 5.41) is 36.8. The molecule has 1 aromatic heterocycles. The van der Waals surface area contributed by atoms with Gasteiger partial charge in [0.05, 0.1) is 12.9 Å². The fourth-order valence-corrected chi connectivity index (χ4v) is 6.54. The quantitative estimate of drug-likeness (QED) is 0.0176. The molecule has 7 atom stereocenters. The molecule has 27 heteroatoms. The number of hydrogen-bond donors (Lipinski definition) is 15. The molecule has 8 amide bonds. The van der Waals surface area contributed by atoms with Crippen LogP contribution in [0.3, 0.4) is 0 Å². The van der Waals surface area contributed by atoms with E-state index in [1.807, 2.05) is 0 Å². The number of aromatic amines is 1. The van der Waals surface area contributed by atoms with Gasteiger partial charge in [-0.25, -0.2) is 9.78 Å². The monoisotopic (exact) mass is 966 g/mol. The highest BCUT2D eigenvalue weighted by molar-refractivity contribution is 5.97. The van der Waals surface area contributed by atoms with E-state index in [2.05, 4.69) is 52.2 Å². The average Bonchev–Trinajstić information content (AvgIpc) is 3.78. The molecule has 27 nitrogen and oxygen atoms in total. The van der Waals surface area contributed by atoms with E-state index in [1.165, 1.54) is 12.5 Å². The van der Waals surface area contributed by atoms with Crippen LogP contribution in [0.4, 0.5) is 0 Å². The van der Waals surface area contributed by atoms with E-state index in [1.54, 1.807) is 27.7 Å². The van der Waals surface area contributed by atoms with Gasteiger partial charge in [-0.3, -0.25) is 48.1 Å². The zero-order valence-electron chi connectivity index (χ0n) is 39.0. The van der Waals surface area contributed by atoms with Gasteiger partial charge in [0.25, 0.3) is 0 Å². The molecule has 0 saturated heterocycles. The molecule has 0 saturated carbocycles. The van der Waals surface area contributed by atoms with Gasteiger partial charge in [0.2, 0.25) is 47.3 Å². The predicted octanol–water partition coefficient (Wildman–Crippen LogP) is -4.60. The predicted molar refractivity (Wildman–Crippen MR) is 245 cm³/mol. The molecule has 0 aliphatic heterocycles. The van der Waals surface area contributed by atoms with Crippen LogP contribution in [0, 0.1) is 11.8 Å². The highest BCUT2D eigenvalue weighted by atomic mass is 16.4. The number of nitrogens with one attached hydrogen (secondary N) is 8. The number of hydrogen-bond acceptors (Lipinski definition) is 14. The van der Waals surface area contributed by atoms with E-state index in [-0.39, 0.29) is 76.3 Å². The Labute approximate surface area is 393 Å². The molecule has 1 aromatic rings. The number of unbranched alkanes of at least 4 members (excludes halogenated alkanes) is 1. The summed E-state index contributed by atoms with van der Waals surface area (Å²) in [6.07, 6.45) is 1.55. The van der Waals surface area contributed by atoms with Crippen LogP contribution in [0.25, 0.3) is 0 Å². The average molecular weight is 966 g/mol. The number of amides is 8. The van der Waals surface area contributed by atoms with Gasteiger partial charge in [0.1, 0.15) is 42.3 Å². The van der Waals surface area contributed by atoms with Crippen molar-refractivity contribution < 1.29 is 58.2 Å². The van der Waals surface area contributed by atoms with Crippen molar-refractivity contribution in [2.45, 2.75) is 141 Å². The van der Waals surface area contributed by atoms with Crippen LogP contribution in [0.2, 0.25) is 0 Å². The number of carboxylic acid groups (broad SMARTS) is 2. The first-order valence-corrected chi connectivity index (χ1v) is 22.3. The molecule has 0 aliphatic rings. The van der Waals surface area contributed by atoms with E-state index in [0.717, 1.165) is 0 Å². The van der Waals surface area contributed by atoms with Gasteiger partial charge in [-0.2, -0.15) is 0 Å². The summed E-state index contributed by atoms with van der Waals surface area (Å²) in [6, 6.07) is -9.80. The van der Waals surface area contributed by atoms with Gasteiger partial charge in [0, 0.05) is 37.7 Å². The third kappa shape index (κ3) is 23.5. The van der Waals surface area contributed by atoms with Crippen molar-refractivity contribution in [1.82, 2.24) is 47.2 Å². The fraction of sp³-hybridized carbons (Fsp3) is 0.659. The highest BCUT2D eigenvalue weighted by Crippen LogP contribution is 2.12. The Morgan fingerprint density at radius 2 is 1.15 bits per heavy atom. The number of rotatable bonds is 34. The summed E-state index contributed by atoms with van der Waals surface area (Å²) < 4.78 is 0. The van der Waals surface area contributed by atoms with Gasteiger partial charge >= 0.3 is 11.9 Å². The largest absolute Gasteiger partial charge is 0.481 e. The summed E-state index contributed by atoms with van der Waals surface area (Å²) in [7, 11) is 0. The van der Waals surface area contributed by atoms with Crippen LogP contribution in [-0.4, -0.2) is 147 Å². The fourth-order valence-electron chi connectivity index (χ4n) is 6.54. The molecule has 0 spiro atoms. The Morgan fingerprint density at radius 1 is 0.632 bits per heavy atom. The van der Waals surface area contributed by atoms with Gasteiger partial charge < -0.3 is 81.1 Å². The SMILES string of the molecule is CC(C)C[C@H](NC(=O)CN)C(=O)N[C@@H](CCCN=C(N)N)C(=O)N[C@@H](CCC(=O)O)C(=O)N[C@@H](CCCCN)C(=O)N[C@@H](Cc1cnc[nH]1)C(=O)N[C@H](C(=O)N[C@@H](CCC(N)=O)C(=O)O)C(C)C. The van der Waals surface area contributed by atoms with Gasteiger partial charge in [-0.1, -0.05) is 27.7 Å². The number of carboxylic acids is 2. The summed E-state index contributed by atoms with van der Waals surface area (Å²) in [5.41, 5.74) is 27.6. The van der Waals surface area contributed by atoms with E-state index in [0.29, 0.717) is 12.1 Å². The molecule has 0 bridgehead atoms. The molecule has 0 aromatic carbocycles. The van der Waals surface area contributed by atoms with Crippen LogP contribution in [0.1, 0.15) is 97.6 Å². The summed E-state index contributed by atoms with van der Waals surface area (Å²) in [4.78, 5) is 141. The maximum absolute atomic E-state index is 14.2. The standard InChI is InChI=1S/C41H71N15O12/c1-21(2)16-28(50-31(58)18-43)37(64)52-25(9-7-15-48-41(45)46)34(61)53-26(11-13-32(59)60)36(63)51-24(8-5-6-14-42)35(62)55-29(17-23-19-47-20-49-23)38(65)56-33(22(3)4)39(66)54-27(40(67)68)10-12-30(44)57/h19-22,24-29,33H,5-18,42-43H2,1-4H3,(H2,44,57)(H,47,49)(H,50,58)(H,51,63)(H,52,64)(H,53,61)(H,54,66)(H,55,62)(H,56,65)(H,59,60)(H,67,68)(H4,45,46,48)/t24-,25-,26-,27-,28-,29-,33-/m0/s1. The number of carbonyl (C=O) groups is 10. The van der Waals surface area contributed by atoms with Crippen LogP contribution in [0.5, 0.6) is 0 Å². The molecule has 0 unspecified atom stereocenters. The van der Waals surface area contributed by atoms with Crippen molar-refractivity contribution in [1.29, 1.82) is 0 Å². The van der Waals surface area contributed by atoms with Gasteiger partial charge in [-0.15, -0.1) is 0 Å². The first kappa shape index (κ1) is 59.1. The number of imidazole rings is 1. The normalized spacial score (nSPS) is 14.1. The minimum absolute atomic E-state index is 0.0398. The summed E-state index contributed by atoms with van der Waals surface area (Å²) in [6.45, 7) is 6.59. The van der Waals surface area contributed by atoms with E-state index in [4.69, 9.17) is 28.7 Å². The topological polar surface area (TPSA) is 467 Å². The lowest BCUT2D eigenvalue weighted by molar-refractivity contribution is -0.143. The van der Waals surface area contributed by atoms with Crippen molar-refractivity contribution in [3.8, 4) is 0 Å². The minimum Gasteiger partial charge on any atom is -0.481 e. The Bertz CT molecular complexity index is 1870. The second kappa shape index (κ2) is 31.1. The lowest BCUT2D eigenvalue weighted by atomic mass is 10.0. The number of aliphatic carboxylic acids is 2. The number of guanidine groups is 1. The zero-order chi connectivity index (χ0) is 51.5. The van der Waals surface area contributed by atoms with Crippen LogP contribution in [0.15, 0.2) is 17.5 Å². The Morgan fingerprint density at radius 3 is 1.62 bits per heavy atom. The smallest absolute Gasteiger partial charge is 0.326 e. The lowest BCUT2D eigenvalue weighted by Gasteiger charge is -2.28. The highest BCUT2D eigenvalue weighted by Gasteiger charge is 2.35. The first-order chi connectivity index (χ1) is 32.0. The maximum Gasteiger partial charge on any atom is 0.326 e. The number of primary amides is 1. The third-order valence-electron chi connectivity index (χ3n) is 10.1. The molecule has 382 valence electrons. The van der Waals surface area contributed by atoms with E-state index >= 15 is 0 Å². The number of carbonyl (C=O) groups excluding carboxylic acids is 8. The third-order valence-corrected chi connectivity index (χ3v) is 10.1. The number of aliphatic imine (C=N–C) groups is 1. The Hall–Kier alpha value is -6.90. The number of nitrogens with zero attached hydrogens (tertiary/aromatic N) is 2. The molecular weight excluding hydrogens is 895 g/mol. The van der Waals surface area contributed by atoms with Crippen LogP contribution < -0.4 is 65.9 Å². The molecule has 20 N–H and O–H groups in total. The second-order valence-electron chi connectivity index (χ2n) is 16.8. The first-order valence-electron chi connectivity index (χ1n) is 22.3. The summed E-state index contributed by atoms with van der Waals surface area (Å²) >= 11 is 0. The van der Waals surface area contributed by atoms with Crippen molar-refractivity contribution in [2.24, 2.45) is 45.5 Å². The molecule has 68 heavy (non-hydrogen) atoms. The Kier molecular flexibility index (Phi) is 27.1. The molecule has 1 rings (SSSR count). The van der Waals surface area contributed by atoms with Crippen LogP contribution >= 0.6 is 0 Å². The zero-order valence-corrected chi connectivity index (χ0v) is 39.0. The number of nitrogens with two attached hydrogens (primary N) is 5. The van der Waals surface area contributed by atoms with Gasteiger partial charge in [-0.05, 0) is 69.7 Å². The van der Waals surface area contributed by atoms with Crippen molar-refractivity contribution >= 4 is 65.2 Å². The molecule has 1 heterocycles. The number of aromatic nitrogens is 2. The minimum atomic E-state index is -1.60. The second-order valence-corrected chi connectivity index (χ2v) is 16.8. The molecular formula is C41H71N15O12. The van der Waals surface area contributed by atoms with Crippen LogP contribution in [-0.2, 0) is 54.4 Å². The van der Waals surface area contributed by atoms with E-state index in [9.17, 15) is 58.2 Å². The molecule has 0 fully saturated rings. The molecule has 0 aliphatic carbocycles.